The van der Waals surface area contributed by atoms with Gasteiger partial charge in [0.2, 0.25) is 17.7 Å². The van der Waals surface area contributed by atoms with E-state index in [1.807, 2.05) is 0 Å². The van der Waals surface area contributed by atoms with Gasteiger partial charge in [0, 0.05) is 58.4 Å². The zero-order chi connectivity index (χ0) is 32.0. The van der Waals surface area contributed by atoms with Gasteiger partial charge in [-0.25, -0.2) is 4.79 Å². The first-order valence-electron chi connectivity index (χ1n) is 15.2. The summed E-state index contributed by atoms with van der Waals surface area (Å²) in [6, 6.07) is -1.15. The van der Waals surface area contributed by atoms with Crippen LogP contribution in [0.4, 0.5) is 0 Å². The third-order valence-electron chi connectivity index (χ3n) is 6.15. The first-order valence-corrected chi connectivity index (χ1v) is 15.2. The number of nitrogens with one attached hydrogen (secondary N) is 3. The molecule has 3 amide bonds. The summed E-state index contributed by atoms with van der Waals surface area (Å²) in [6.07, 6.45) is 7.89. The van der Waals surface area contributed by atoms with Gasteiger partial charge < -0.3 is 45.2 Å². The van der Waals surface area contributed by atoms with Gasteiger partial charge in [0.15, 0.2) is 0 Å². The lowest BCUT2D eigenvalue weighted by atomic mass is 10.1. The number of amides is 3. The largest absolute Gasteiger partial charge is 0.481 e. The molecular weight excluding hydrogens is 566 g/mol. The molecule has 0 spiro atoms. The highest BCUT2D eigenvalue weighted by Gasteiger charge is 2.19. The van der Waals surface area contributed by atoms with E-state index in [4.69, 9.17) is 24.4 Å². The predicted molar refractivity (Wildman–Crippen MR) is 156 cm³/mol. The summed E-state index contributed by atoms with van der Waals surface area (Å²) in [6.45, 7) is 3.59. The van der Waals surface area contributed by atoms with Gasteiger partial charge in [0.05, 0.1) is 26.4 Å². The number of rotatable bonds is 31. The number of carboxylic acids is 2. The standard InChI is InChI=1S/C29H51N3O11/c33-17-7-10-24(29(39)40)32-27(36)14-13-26(35)31-16-9-19-42-21-23-43-22-20-41-18-8-15-30-25(34)11-5-3-1-2-4-6-12-28(37)38/h17,24H,1-16,18-23H2,(H,30,34)(H,31,35)(H,32,36)(H,37,38)(H,39,40)/t24-/m0/s1. The van der Waals surface area contributed by atoms with E-state index in [1.54, 1.807) is 0 Å². The molecule has 14 heteroatoms. The maximum atomic E-state index is 11.8. The monoisotopic (exact) mass is 617 g/mol. The summed E-state index contributed by atoms with van der Waals surface area (Å²) >= 11 is 0. The maximum Gasteiger partial charge on any atom is 0.326 e. The molecule has 0 aromatic heterocycles. The number of hydrogen-bond acceptors (Lipinski definition) is 9. The Morgan fingerprint density at radius 2 is 1.05 bits per heavy atom. The number of carbonyl (C=O) groups is 6. The van der Waals surface area contributed by atoms with Crippen LogP contribution in [0.2, 0.25) is 0 Å². The molecule has 0 aliphatic carbocycles. The van der Waals surface area contributed by atoms with Crippen LogP contribution in [0.25, 0.3) is 0 Å². The molecule has 0 unspecified atom stereocenters. The minimum atomic E-state index is -1.23. The molecule has 0 aromatic carbocycles. The molecule has 43 heavy (non-hydrogen) atoms. The second-order valence-corrected chi connectivity index (χ2v) is 9.96. The SMILES string of the molecule is O=CCC[C@H](NC(=O)CCC(=O)NCCCOCCOCCOCCCNC(=O)CCCCCCCCC(=O)O)C(=O)O. The third-order valence-corrected chi connectivity index (χ3v) is 6.15. The van der Waals surface area contributed by atoms with Crippen molar-refractivity contribution in [3.63, 3.8) is 0 Å². The summed E-state index contributed by atoms with van der Waals surface area (Å²) in [5.41, 5.74) is 0. The number of unbranched alkanes of at least 4 members (excludes halogenated alkanes) is 5. The highest BCUT2D eigenvalue weighted by molar-refractivity contribution is 5.87. The van der Waals surface area contributed by atoms with Crippen LogP contribution >= 0.6 is 0 Å². The Labute approximate surface area is 254 Å². The fraction of sp³-hybridized carbons (Fsp3) is 0.793. The van der Waals surface area contributed by atoms with Crippen molar-refractivity contribution in [2.24, 2.45) is 0 Å². The van der Waals surface area contributed by atoms with Crippen LogP contribution in [-0.4, -0.2) is 105 Å². The molecule has 0 heterocycles. The first kappa shape index (κ1) is 39.9. The molecule has 248 valence electrons. The van der Waals surface area contributed by atoms with Gasteiger partial charge in [0.1, 0.15) is 12.3 Å². The second-order valence-electron chi connectivity index (χ2n) is 9.96. The molecule has 0 aliphatic rings. The minimum Gasteiger partial charge on any atom is -0.481 e. The summed E-state index contributed by atoms with van der Waals surface area (Å²) in [5.74, 6) is -2.82. The third kappa shape index (κ3) is 28.8. The van der Waals surface area contributed by atoms with Crippen molar-refractivity contribution in [2.45, 2.75) is 95.9 Å². The van der Waals surface area contributed by atoms with Gasteiger partial charge in [-0.2, -0.15) is 0 Å². The van der Waals surface area contributed by atoms with Crippen molar-refractivity contribution >= 4 is 35.9 Å². The van der Waals surface area contributed by atoms with Crippen LogP contribution in [0.1, 0.15) is 89.9 Å². The lowest BCUT2D eigenvalue weighted by Crippen LogP contribution is -2.41. The summed E-state index contributed by atoms with van der Waals surface area (Å²) < 4.78 is 16.3. The molecule has 14 nitrogen and oxygen atoms in total. The zero-order valence-electron chi connectivity index (χ0n) is 25.3. The molecule has 0 rings (SSSR count). The van der Waals surface area contributed by atoms with Gasteiger partial charge in [-0.05, 0) is 32.1 Å². The fourth-order valence-electron chi connectivity index (χ4n) is 3.78. The van der Waals surface area contributed by atoms with Crippen molar-refractivity contribution in [3.05, 3.63) is 0 Å². The van der Waals surface area contributed by atoms with Gasteiger partial charge in [-0.3, -0.25) is 19.2 Å². The number of hydrogen-bond donors (Lipinski definition) is 5. The van der Waals surface area contributed by atoms with Crippen LogP contribution in [0.5, 0.6) is 0 Å². The topological polar surface area (TPSA) is 207 Å². The molecular formula is C29H51N3O11. The van der Waals surface area contributed by atoms with Crippen molar-refractivity contribution in [3.8, 4) is 0 Å². The Balaban J connectivity index is 3.42. The normalized spacial score (nSPS) is 11.4. The number of aliphatic carboxylic acids is 2. The highest BCUT2D eigenvalue weighted by atomic mass is 16.5. The molecule has 0 aromatic rings. The van der Waals surface area contributed by atoms with Crippen LogP contribution in [0, 0.1) is 0 Å². The van der Waals surface area contributed by atoms with Crippen LogP contribution in [0.15, 0.2) is 0 Å². The highest BCUT2D eigenvalue weighted by Crippen LogP contribution is 2.08. The van der Waals surface area contributed by atoms with Crippen LogP contribution < -0.4 is 16.0 Å². The Morgan fingerprint density at radius 3 is 1.56 bits per heavy atom. The summed E-state index contributed by atoms with van der Waals surface area (Å²) in [4.78, 5) is 67.3. The van der Waals surface area contributed by atoms with Crippen molar-refractivity contribution in [2.75, 3.05) is 52.7 Å². The van der Waals surface area contributed by atoms with Gasteiger partial charge in [-0.1, -0.05) is 25.7 Å². The molecule has 1 atom stereocenters. The quantitative estimate of drug-likeness (QED) is 0.0557. The number of aldehydes is 1. The average molecular weight is 618 g/mol. The number of ether oxygens (including phenoxy) is 3. The Morgan fingerprint density at radius 1 is 0.581 bits per heavy atom. The summed E-state index contributed by atoms with van der Waals surface area (Å²) in [7, 11) is 0. The van der Waals surface area contributed by atoms with Gasteiger partial charge >= 0.3 is 11.9 Å². The molecule has 0 fully saturated rings. The molecule has 5 N–H and O–H groups in total. The van der Waals surface area contributed by atoms with E-state index >= 15 is 0 Å². The van der Waals surface area contributed by atoms with E-state index in [9.17, 15) is 28.8 Å². The minimum absolute atomic E-state index is 0.00213. The number of carbonyl (C=O) groups excluding carboxylic acids is 4. The maximum absolute atomic E-state index is 11.8. The molecule has 0 saturated carbocycles. The van der Waals surface area contributed by atoms with E-state index in [1.165, 1.54) is 0 Å². The lowest BCUT2D eigenvalue weighted by Gasteiger charge is -2.13. The number of carboxylic acid groups (broad SMARTS) is 2. The van der Waals surface area contributed by atoms with E-state index < -0.39 is 23.9 Å². The average Bonchev–Trinajstić information content (AvgIpc) is 2.97. The van der Waals surface area contributed by atoms with Crippen molar-refractivity contribution in [1.82, 2.24) is 16.0 Å². The van der Waals surface area contributed by atoms with Crippen LogP contribution in [-0.2, 0) is 43.0 Å². The molecule has 0 aliphatic heterocycles. The second kappa shape index (κ2) is 29.0. The van der Waals surface area contributed by atoms with Crippen LogP contribution in [0.3, 0.4) is 0 Å². The lowest BCUT2D eigenvalue weighted by molar-refractivity contribution is -0.142. The fourth-order valence-corrected chi connectivity index (χ4v) is 3.78. The van der Waals surface area contributed by atoms with E-state index in [-0.39, 0.29) is 43.9 Å². The van der Waals surface area contributed by atoms with E-state index in [2.05, 4.69) is 16.0 Å². The van der Waals surface area contributed by atoms with E-state index in [0.29, 0.717) is 78.3 Å². The Hall–Kier alpha value is -3.10. The first-order chi connectivity index (χ1) is 20.8. The van der Waals surface area contributed by atoms with Gasteiger partial charge in [0.25, 0.3) is 0 Å². The molecule has 0 bridgehead atoms. The van der Waals surface area contributed by atoms with Crippen molar-refractivity contribution < 1.29 is 53.2 Å². The Bertz CT molecular complexity index is 796. The molecule has 0 saturated heterocycles. The van der Waals surface area contributed by atoms with E-state index in [0.717, 1.165) is 38.5 Å². The van der Waals surface area contributed by atoms with Gasteiger partial charge in [-0.15, -0.1) is 0 Å². The Kier molecular flexibility index (Phi) is 26.9. The zero-order valence-corrected chi connectivity index (χ0v) is 25.3. The van der Waals surface area contributed by atoms with Crippen molar-refractivity contribution in [1.29, 1.82) is 0 Å². The molecule has 0 radical (unpaired) electrons. The summed E-state index contributed by atoms with van der Waals surface area (Å²) in [5, 5.41) is 25.5. The predicted octanol–water partition coefficient (Wildman–Crippen LogP) is 1.58. The smallest absolute Gasteiger partial charge is 0.326 e.